The van der Waals surface area contributed by atoms with Gasteiger partial charge in [-0.3, -0.25) is 4.79 Å². The number of anilines is 2. The Hall–Kier alpha value is -3.34. The van der Waals surface area contributed by atoms with E-state index >= 15 is 0 Å². The SMILES string of the molecule is COc1ccc(Nc2ccc(C(=O)N(Cc3ccccc3)C(C)C)nc2)cc1. The highest BCUT2D eigenvalue weighted by molar-refractivity contribution is 5.92. The van der Waals surface area contributed by atoms with Gasteiger partial charge < -0.3 is 15.0 Å². The molecule has 2 aromatic carbocycles. The average molecular weight is 375 g/mol. The quantitative estimate of drug-likeness (QED) is 0.639. The normalized spacial score (nSPS) is 10.6. The molecule has 0 aliphatic carbocycles. The first-order chi connectivity index (χ1) is 13.6. The van der Waals surface area contributed by atoms with Crippen molar-refractivity contribution in [2.45, 2.75) is 26.4 Å². The summed E-state index contributed by atoms with van der Waals surface area (Å²) in [5.74, 6) is 0.728. The van der Waals surface area contributed by atoms with Gasteiger partial charge in [-0.05, 0) is 55.8 Å². The van der Waals surface area contributed by atoms with Crippen molar-refractivity contribution < 1.29 is 9.53 Å². The number of carbonyl (C=O) groups excluding carboxylic acids is 1. The van der Waals surface area contributed by atoms with E-state index in [2.05, 4.69) is 10.3 Å². The lowest BCUT2D eigenvalue weighted by molar-refractivity contribution is 0.0684. The second kappa shape index (κ2) is 9.04. The van der Waals surface area contributed by atoms with Crippen LogP contribution in [0.2, 0.25) is 0 Å². The molecule has 5 nitrogen and oxygen atoms in total. The second-order valence-electron chi connectivity index (χ2n) is 6.80. The predicted octanol–water partition coefficient (Wildman–Crippen LogP) is 4.88. The van der Waals surface area contributed by atoms with Crippen LogP contribution in [0.3, 0.4) is 0 Å². The number of hydrogen-bond donors (Lipinski definition) is 1. The summed E-state index contributed by atoms with van der Waals surface area (Å²) in [6, 6.07) is 21.3. The molecule has 3 rings (SSSR count). The molecular formula is C23H25N3O2. The maximum atomic E-state index is 13.0. The van der Waals surface area contributed by atoms with Crippen LogP contribution >= 0.6 is 0 Å². The topological polar surface area (TPSA) is 54.5 Å². The van der Waals surface area contributed by atoms with E-state index in [1.807, 2.05) is 79.4 Å². The largest absolute Gasteiger partial charge is 0.497 e. The molecule has 0 fully saturated rings. The molecule has 0 spiro atoms. The number of methoxy groups -OCH3 is 1. The van der Waals surface area contributed by atoms with Gasteiger partial charge in [0, 0.05) is 18.3 Å². The molecule has 5 heteroatoms. The van der Waals surface area contributed by atoms with E-state index in [1.165, 1.54) is 0 Å². The molecule has 0 saturated heterocycles. The Morgan fingerprint density at radius 3 is 2.25 bits per heavy atom. The molecule has 1 aromatic heterocycles. The summed E-state index contributed by atoms with van der Waals surface area (Å²) in [6.45, 7) is 4.59. The highest BCUT2D eigenvalue weighted by Gasteiger charge is 2.20. The van der Waals surface area contributed by atoms with Crippen molar-refractivity contribution in [3.63, 3.8) is 0 Å². The number of rotatable bonds is 7. The van der Waals surface area contributed by atoms with Crippen LogP contribution in [-0.4, -0.2) is 28.9 Å². The molecule has 0 aliphatic rings. The molecule has 28 heavy (non-hydrogen) atoms. The van der Waals surface area contributed by atoms with Crippen LogP contribution in [0.4, 0.5) is 11.4 Å². The van der Waals surface area contributed by atoms with Crippen LogP contribution < -0.4 is 10.1 Å². The third-order valence-corrected chi connectivity index (χ3v) is 4.44. The minimum Gasteiger partial charge on any atom is -0.497 e. The highest BCUT2D eigenvalue weighted by Crippen LogP contribution is 2.20. The fraction of sp³-hybridized carbons (Fsp3) is 0.217. The van der Waals surface area contributed by atoms with Crippen molar-refractivity contribution in [1.29, 1.82) is 0 Å². The first kappa shape index (κ1) is 19.4. The van der Waals surface area contributed by atoms with Crippen LogP contribution in [-0.2, 0) is 6.54 Å². The monoisotopic (exact) mass is 375 g/mol. The second-order valence-corrected chi connectivity index (χ2v) is 6.80. The number of amides is 1. The Morgan fingerprint density at radius 1 is 1.00 bits per heavy atom. The fourth-order valence-electron chi connectivity index (χ4n) is 2.85. The van der Waals surface area contributed by atoms with E-state index in [-0.39, 0.29) is 11.9 Å². The van der Waals surface area contributed by atoms with Crippen LogP contribution in [0.25, 0.3) is 0 Å². The third-order valence-electron chi connectivity index (χ3n) is 4.44. The van der Waals surface area contributed by atoms with Crippen LogP contribution in [0.5, 0.6) is 5.75 Å². The number of nitrogens with one attached hydrogen (secondary N) is 1. The molecule has 1 amide bonds. The molecule has 0 aliphatic heterocycles. The number of hydrogen-bond acceptors (Lipinski definition) is 4. The standard InChI is InChI=1S/C23H25N3O2/c1-17(2)26(16-18-7-5-4-6-8-18)23(27)22-14-11-20(15-24-22)25-19-9-12-21(28-3)13-10-19/h4-15,17,25H,16H2,1-3H3. The van der Waals surface area contributed by atoms with Crippen molar-refractivity contribution in [2.75, 3.05) is 12.4 Å². The van der Waals surface area contributed by atoms with E-state index in [9.17, 15) is 4.79 Å². The lowest BCUT2D eigenvalue weighted by Gasteiger charge is -2.26. The smallest absolute Gasteiger partial charge is 0.272 e. The minimum absolute atomic E-state index is 0.0742. The average Bonchev–Trinajstić information content (AvgIpc) is 2.73. The van der Waals surface area contributed by atoms with Crippen LogP contribution in [0.1, 0.15) is 29.9 Å². The molecule has 0 saturated carbocycles. The number of benzene rings is 2. The van der Waals surface area contributed by atoms with E-state index in [0.29, 0.717) is 12.2 Å². The van der Waals surface area contributed by atoms with Gasteiger partial charge in [-0.1, -0.05) is 30.3 Å². The van der Waals surface area contributed by atoms with E-state index in [0.717, 1.165) is 22.7 Å². The first-order valence-electron chi connectivity index (χ1n) is 9.29. The van der Waals surface area contributed by atoms with E-state index in [1.54, 1.807) is 19.4 Å². The summed E-state index contributed by atoms with van der Waals surface area (Å²) in [5.41, 5.74) is 3.28. The Bertz CT molecular complexity index is 891. The van der Waals surface area contributed by atoms with Gasteiger partial charge in [0.15, 0.2) is 0 Å². The highest BCUT2D eigenvalue weighted by atomic mass is 16.5. The summed E-state index contributed by atoms with van der Waals surface area (Å²) in [4.78, 5) is 19.2. The molecule has 0 bridgehead atoms. The van der Waals surface area contributed by atoms with E-state index in [4.69, 9.17) is 4.74 Å². The zero-order chi connectivity index (χ0) is 19.9. The third kappa shape index (κ3) is 4.88. The Labute approximate surface area is 166 Å². The van der Waals surface area contributed by atoms with Gasteiger partial charge in [0.25, 0.3) is 5.91 Å². The van der Waals surface area contributed by atoms with Gasteiger partial charge in [-0.25, -0.2) is 4.98 Å². The summed E-state index contributed by atoms with van der Waals surface area (Å²) < 4.78 is 5.16. The lowest BCUT2D eigenvalue weighted by atomic mass is 10.1. The fourth-order valence-corrected chi connectivity index (χ4v) is 2.85. The van der Waals surface area contributed by atoms with Gasteiger partial charge in [0.1, 0.15) is 11.4 Å². The first-order valence-corrected chi connectivity index (χ1v) is 9.29. The number of carbonyl (C=O) groups is 1. The zero-order valence-corrected chi connectivity index (χ0v) is 16.4. The Balaban J connectivity index is 1.70. The van der Waals surface area contributed by atoms with Crippen LogP contribution in [0.15, 0.2) is 72.9 Å². The van der Waals surface area contributed by atoms with Crippen molar-refractivity contribution in [1.82, 2.24) is 9.88 Å². The van der Waals surface area contributed by atoms with Crippen molar-refractivity contribution in [2.24, 2.45) is 0 Å². The molecule has 0 atom stereocenters. The number of pyridine rings is 1. The summed E-state index contributed by atoms with van der Waals surface area (Å²) in [6.07, 6.45) is 1.68. The zero-order valence-electron chi connectivity index (χ0n) is 16.4. The molecule has 1 heterocycles. The maximum absolute atomic E-state index is 13.0. The van der Waals surface area contributed by atoms with Gasteiger partial charge in [-0.2, -0.15) is 0 Å². The van der Waals surface area contributed by atoms with Gasteiger partial charge in [0.05, 0.1) is 19.0 Å². The summed E-state index contributed by atoms with van der Waals surface area (Å²) in [5, 5.41) is 3.27. The molecule has 3 aromatic rings. The van der Waals surface area contributed by atoms with Crippen molar-refractivity contribution in [3.8, 4) is 5.75 Å². The minimum atomic E-state index is -0.0742. The molecular weight excluding hydrogens is 350 g/mol. The lowest BCUT2D eigenvalue weighted by Crippen LogP contribution is -2.36. The number of aromatic nitrogens is 1. The Morgan fingerprint density at radius 2 is 1.68 bits per heavy atom. The molecule has 144 valence electrons. The summed E-state index contributed by atoms with van der Waals surface area (Å²) >= 11 is 0. The number of nitrogens with zero attached hydrogens (tertiary/aromatic N) is 2. The van der Waals surface area contributed by atoms with Gasteiger partial charge >= 0.3 is 0 Å². The maximum Gasteiger partial charge on any atom is 0.272 e. The predicted molar refractivity (Wildman–Crippen MR) is 112 cm³/mol. The number of ether oxygens (including phenoxy) is 1. The van der Waals surface area contributed by atoms with Crippen molar-refractivity contribution in [3.05, 3.63) is 84.2 Å². The Kier molecular flexibility index (Phi) is 6.27. The summed E-state index contributed by atoms with van der Waals surface area (Å²) in [7, 11) is 1.64. The van der Waals surface area contributed by atoms with Crippen LogP contribution in [0, 0.1) is 0 Å². The molecule has 0 radical (unpaired) electrons. The van der Waals surface area contributed by atoms with Crippen molar-refractivity contribution >= 4 is 17.3 Å². The molecule has 0 unspecified atom stereocenters. The van der Waals surface area contributed by atoms with E-state index < -0.39 is 0 Å². The molecule has 1 N–H and O–H groups in total. The van der Waals surface area contributed by atoms with Gasteiger partial charge in [-0.15, -0.1) is 0 Å². The van der Waals surface area contributed by atoms with Gasteiger partial charge in [0.2, 0.25) is 0 Å².